The number of para-hydroxylation sites is 1. The van der Waals surface area contributed by atoms with E-state index in [0.29, 0.717) is 0 Å². The highest BCUT2D eigenvalue weighted by atomic mass is 15.0. The van der Waals surface area contributed by atoms with Crippen LogP contribution in [0.1, 0.15) is 5.56 Å². The first-order valence-electron chi connectivity index (χ1n) is 6.09. The minimum atomic E-state index is 1.04. The number of hydrogen-bond donors (Lipinski definition) is 0. The van der Waals surface area contributed by atoms with E-state index in [-0.39, 0.29) is 0 Å². The molecule has 0 bridgehead atoms. The normalized spacial score (nSPS) is 11.6. The Morgan fingerprint density at radius 1 is 0.944 bits per heavy atom. The van der Waals surface area contributed by atoms with Crippen molar-refractivity contribution in [2.45, 2.75) is 6.92 Å². The highest BCUT2D eigenvalue weighted by molar-refractivity contribution is 6.12. The van der Waals surface area contributed by atoms with Crippen LogP contribution in [-0.2, 0) is 0 Å². The Morgan fingerprint density at radius 2 is 1.78 bits per heavy atom. The summed E-state index contributed by atoms with van der Waals surface area (Å²) in [5.41, 5.74) is 3.53. The quantitative estimate of drug-likeness (QED) is 0.420. The van der Waals surface area contributed by atoms with Gasteiger partial charge in [-0.1, -0.05) is 36.4 Å². The third-order valence-corrected chi connectivity index (χ3v) is 3.59. The fourth-order valence-corrected chi connectivity index (χ4v) is 2.78. The van der Waals surface area contributed by atoms with Crippen LogP contribution in [0.5, 0.6) is 0 Å². The van der Waals surface area contributed by atoms with E-state index in [1.165, 1.54) is 27.2 Å². The SMILES string of the molecule is Cc1cccc2c3ccccc3n3ccnc3c12. The number of hydrogen-bond acceptors (Lipinski definition) is 1. The molecule has 2 aromatic heterocycles. The van der Waals surface area contributed by atoms with Gasteiger partial charge in [0.15, 0.2) is 0 Å². The van der Waals surface area contributed by atoms with Crippen molar-refractivity contribution >= 4 is 27.3 Å². The fraction of sp³-hybridized carbons (Fsp3) is 0.0625. The molecule has 0 aliphatic heterocycles. The Hall–Kier alpha value is -2.35. The molecule has 0 radical (unpaired) electrons. The highest BCUT2D eigenvalue weighted by Crippen LogP contribution is 2.30. The van der Waals surface area contributed by atoms with E-state index in [2.05, 4.69) is 58.8 Å². The molecule has 18 heavy (non-hydrogen) atoms. The van der Waals surface area contributed by atoms with Crippen LogP contribution in [0.25, 0.3) is 27.3 Å². The van der Waals surface area contributed by atoms with Gasteiger partial charge in [0, 0.05) is 23.2 Å². The van der Waals surface area contributed by atoms with Crippen LogP contribution in [0, 0.1) is 6.92 Å². The maximum Gasteiger partial charge on any atom is 0.145 e. The molecule has 0 atom stereocenters. The van der Waals surface area contributed by atoms with Crippen molar-refractivity contribution in [1.29, 1.82) is 0 Å². The second-order valence-electron chi connectivity index (χ2n) is 4.64. The molecule has 2 aromatic carbocycles. The molecule has 0 spiro atoms. The molecule has 0 N–H and O–H groups in total. The number of rotatable bonds is 0. The first-order valence-corrected chi connectivity index (χ1v) is 6.09. The van der Waals surface area contributed by atoms with Crippen molar-refractivity contribution in [3.05, 3.63) is 60.4 Å². The predicted octanol–water partition coefficient (Wildman–Crippen LogP) is 3.95. The molecule has 4 aromatic rings. The molecule has 0 unspecified atom stereocenters. The lowest BCUT2D eigenvalue weighted by Crippen LogP contribution is -1.91. The molecule has 0 fully saturated rings. The van der Waals surface area contributed by atoms with E-state index in [0.717, 1.165) is 5.65 Å². The van der Waals surface area contributed by atoms with Gasteiger partial charge in [-0.05, 0) is 23.9 Å². The number of fused-ring (bicyclic) bond motifs is 6. The summed E-state index contributed by atoms with van der Waals surface area (Å²) in [5.74, 6) is 0. The Balaban J connectivity index is 2.49. The van der Waals surface area contributed by atoms with Gasteiger partial charge in [-0.2, -0.15) is 0 Å². The zero-order valence-electron chi connectivity index (χ0n) is 10.1. The molecular formula is C16H12N2. The van der Waals surface area contributed by atoms with Crippen molar-refractivity contribution < 1.29 is 0 Å². The minimum Gasteiger partial charge on any atom is -0.299 e. The van der Waals surface area contributed by atoms with Crippen LogP contribution >= 0.6 is 0 Å². The van der Waals surface area contributed by atoms with Gasteiger partial charge in [0.2, 0.25) is 0 Å². The third-order valence-electron chi connectivity index (χ3n) is 3.59. The van der Waals surface area contributed by atoms with Crippen LogP contribution in [0.2, 0.25) is 0 Å². The number of aryl methyl sites for hydroxylation is 1. The van der Waals surface area contributed by atoms with Crippen LogP contribution in [0.15, 0.2) is 54.9 Å². The van der Waals surface area contributed by atoms with Crippen LogP contribution < -0.4 is 0 Å². The van der Waals surface area contributed by atoms with Crippen molar-refractivity contribution in [3.63, 3.8) is 0 Å². The zero-order valence-corrected chi connectivity index (χ0v) is 10.1. The number of benzene rings is 2. The maximum atomic E-state index is 4.52. The zero-order chi connectivity index (χ0) is 12.1. The number of pyridine rings is 1. The summed E-state index contributed by atoms with van der Waals surface area (Å²) in [6.07, 6.45) is 3.90. The predicted molar refractivity (Wildman–Crippen MR) is 74.9 cm³/mol. The number of aromatic nitrogens is 2. The van der Waals surface area contributed by atoms with E-state index in [1.54, 1.807) is 0 Å². The summed E-state index contributed by atoms with van der Waals surface area (Å²) in [6, 6.07) is 14.9. The average molecular weight is 232 g/mol. The minimum absolute atomic E-state index is 1.04. The van der Waals surface area contributed by atoms with Crippen LogP contribution in [-0.4, -0.2) is 9.38 Å². The lowest BCUT2D eigenvalue weighted by atomic mass is 10.0. The second-order valence-corrected chi connectivity index (χ2v) is 4.64. The molecule has 0 saturated carbocycles. The van der Waals surface area contributed by atoms with Gasteiger partial charge >= 0.3 is 0 Å². The lowest BCUT2D eigenvalue weighted by Gasteiger charge is -2.09. The molecule has 0 aliphatic rings. The van der Waals surface area contributed by atoms with Gasteiger partial charge in [0.25, 0.3) is 0 Å². The van der Waals surface area contributed by atoms with Gasteiger partial charge in [-0.15, -0.1) is 0 Å². The maximum absolute atomic E-state index is 4.52. The Bertz CT molecular complexity index is 887. The largest absolute Gasteiger partial charge is 0.299 e. The summed E-state index contributed by atoms with van der Waals surface area (Å²) >= 11 is 0. The van der Waals surface area contributed by atoms with Crippen molar-refractivity contribution in [2.75, 3.05) is 0 Å². The molecule has 2 nitrogen and oxygen atoms in total. The standard InChI is InChI=1S/C16H12N2/c1-11-5-4-7-13-12-6-2-3-8-14(12)18-10-9-17-16(18)15(11)13/h2-10H,1H3. The first kappa shape index (κ1) is 9.66. The lowest BCUT2D eigenvalue weighted by molar-refractivity contribution is 1.27. The molecule has 2 heterocycles. The van der Waals surface area contributed by atoms with Gasteiger partial charge < -0.3 is 0 Å². The monoisotopic (exact) mass is 232 g/mol. The average Bonchev–Trinajstić information content (AvgIpc) is 2.88. The summed E-state index contributed by atoms with van der Waals surface area (Å²) in [4.78, 5) is 4.52. The summed E-state index contributed by atoms with van der Waals surface area (Å²) < 4.78 is 2.17. The van der Waals surface area contributed by atoms with Gasteiger partial charge in [-0.25, -0.2) is 4.98 Å². The number of nitrogens with zero attached hydrogens (tertiary/aromatic N) is 2. The van der Waals surface area contributed by atoms with E-state index in [4.69, 9.17) is 0 Å². The van der Waals surface area contributed by atoms with E-state index in [1.807, 2.05) is 12.4 Å². The highest BCUT2D eigenvalue weighted by Gasteiger charge is 2.09. The topological polar surface area (TPSA) is 17.3 Å². The molecule has 0 saturated heterocycles. The molecule has 86 valence electrons. The molecule has 0 amide bonds. The first-order chi connectivity index (χ1) is 8.86. The van der Waals surface area contributed by atoms with Crippen molar-refractivity contribution in [3.8, 4) is 0 Å². The van der Waals surface area contributed by atoms with Crippen molar-refractivity contribution in [2.24, 2.45) is 0 Å². The molecule has 4 rings (SSSR count). The molecule has 2 heteroatoms. The summed E-state index contributed by atoms with van der Waals surface area (Å²) in [7, 11) is 0. The van der Waals surface area contributed by atoms with Crippen LogP contribution in [0.4, 0.5) is 0 Å². The smallest absolute Gasteiger partial charge is 0.145 e. The molecular weight excluding hydrogens is 220 g/mol. The van der Waals surface area contributed by atoms with E-state index < -0.39 is 0 Å². The molecule has 0 aliphatic carbocycles. The Morgan fingerprint density at radius 3 is 2.72 bits per heavy atom. The van der Waals surface area contributed by atoms with Gasteiger partial charge in [0.1, 0.15) is 5.65 Å². The second kappa shape index (κ2) is 3.33. The van der Waals surface area contributed by atoms with Crippen LogP contribution in [0.3, 0.4) is 0 Å². The summed E-state index contributed by atoms with van der Waals surface area (Å²) in [6.45, 7) is 2.14. The Labute approximate surface area is 104 Å². The third kappa shape index (κ3) is 1.10. The summed E-state index contributed by atoms with van der Waals surface area (Å²) in [5, 5.41) is 3.81. The van der Waals surface area contributed by atoms with Gasteiger partial charge in [-0.3, -0.25) is 4.40 Å². The van der Waals surface area contributed by atoms with Crippen molar-refractivity contribution in [1.82, 2.24) is 9.38 Å². The fourth-order valence-electron chi connectivity index (χ4n) is 2.78. The number of imidazole rings is 1. The Kier molecular flexibility index (Phi) is 1.78. The van der Waals surface area contributed by atoms with E-state index in [9.17, 15) is 0 Å². The van der Waals surface area contributed by atoms with Gasteiger partial charge in [0.05, 0.1) is 5.52 Å². The van der Waals surface area contributed by atoms with E-state index >= 15 is 0 Å².